The SMILES string of the molecule is Cc1nc2ccc(C(=O)NCC(c3ccccc3)N3CCOCC3)cc2nc1C. The molecule has 0 spiro atoms. The number of amides is 1. The van der Waals surface area contributed by atoms with Gasteiger partial charge in [-0.3, -0.25) is 9.69 Å². The molecule has 1 amide bonds. The van der Waals surface area contributed by atoms with Crippen molar-refractivity contribution in [2.75, 3.05) is 32.8 Å². The van der Waals surface area contributed by atoms with Crippen LogP contribution in [0.15, 0.2) is 48.5 Å². The van der Waals surface area contributed by atoms with Gasteiger partial charge in [-0.15, -0.1) is 0 Å². The molecule has 0 aliphatic carbocycles. The molecule has 2 aromatic carbocycles. The van der Waals surface area contributed by atoms with Crippen LogP contribution in [-0.4, -0.2) is 53.6 Å². The Bertz CT molecular complexity index is 1000. The Morgan fingerprint density at radius 1 is 1.03 bits per heavy atom. The summed E-state index contributed by atoms with van der Waals surface area (Å²) in [6, 6.07) is 15.9. The summed E-state index contributed by atoms with van der Waals surface area (Å²) >= 11 is 0. The third-order valence-electron chi connectivity index (χ3n) is 5.46. The molecule has 0 radical (unpaired) electrons. The van der Waals surface area contributed by atoms with Crippen molar-refractivity contribution in [3.63, 3.8) is 0 Å². The largest absolute Gasteiger partial charge is 0.379 e. The number of morpholine rings is 1. The van der Waals surface area contributed by atoms with E-state index in [9.17, 15) is 4.79 Å². The van der Waals surface area contributed by atoms with Crippen LogP contribution in [0.4, 0.5) is 0 Å². The number of ether oxygens (including phenoxy) is 1. The summed E-state index contributed by atoms with van der Waals surface area (Å²) in [6.07, 6.45) is 0. The Kier molecular flexibility index (Phi) is 5.83. The van der Waals surface area contributed by atoms with E-state index in [1.54, 1.807) is 0 Å². The van der Waals surface area contributed by atoms with E-state index in [1.165, 1.54) is 5.56 Å². The van der Waals surface area contributed by atoms with E-state index < -0.39 is 0 Å². The van der Waals surface area contributed by atoms with Gasteiger partial charge in [0.25, 0.3) is 5.91 Å². The van der Waals surface area contributed by atoms with E-state index in [0.717, 1.165) is 48.7 Å². The number of hydrogen-bond acceptors (Lipinski definition) is 5. The van der Waals surface area contributed by atoms with Gasteiger partial charge < -0.3 is 10.1 Å². The number of rotatable bonds is 5. The van der Waals surface area contributed by atoms with Crippen molar-refractivity contribution in [2.45, 2.75) is 19.9 Å². The molecule has 4 rings (SSSR count). The molecule has 1 N–H and O–H groups in total. The van der Waals surface area contributed by atoms with Crippen LogP contribution < -0.4 is 5.32 Å². The van der Waals surface area contributed by atoms with Gasteiger partial charge in [0.15, 0.2) is 0 Å². The Morgan fingerprint density at radius 2 is 1.72 bits per heavy atom. The average molecular weight is 390 g/mol. The topological polar surface area (TPSA) is 67.4 Å². The highest BCUT2D eigenvalue weighted by atomic mass is 16.5. The molecule has 1 aliphatic rings. The minimum Gasteiger partial charge on any atom is -0.379 e. The third kappa shape index (κ3) is 4.44. The summed E-state index contributed by atoms with van der Waals surface area (Å²) in [5, 5.41) is 3.12. The molecule has 150 valence electrons. The first kappa shape index (κ1) is 19.5. The average Bonchev–Trinajstić information content (AvgIpc) is 2.76. The number of fused-ring (bicyclic) bond motifs is 1. The van der Waals surface area contributed by atoms with Crippen LogP contribution in [0.2, 0.25) is 0 Å². The maximum Gasteiger partial charge on any atom is 0.251 e. The molecule has 0 saturated carbocycles. The van der Waals surface area contributed by atoms with Gasteiger partial charge in [-0.05, 0) is 37.6 Å². The second-order valence-electron chi connectivity index (χ2n) is 7.38. The number of aromatic nitrogens is 2. The minimum absolute atomic E-state index is 0.0962. The highest BCUT2D eigenvalue weighted by Gasteiger charge is 2.23. The molecule has 1 aromatic heterocycles. The molecule has 1 saturated heterocycles. The first-order valence-electron chi connectivity index (χ1n) is 10.0. The standard InChI is InChI=1S/C23H26N4O2/c1-16-17(2)26-21-14-19(8-9-20(21)25-16)23(28)24-15-22(18-6-4-3-5-7-18)27-10-12-29-13-11-27/h3-9,14,22H,10-13,15H2,1-2H3,(H,24,28). The van der Waals surface area contributed by atoms with Crippen LogP contribution in [0.5, 0.6) is 0 Å². The van der Waals surface area contributed by atoms with Crippen LogP contribution in [0.25, 0.3) is 11.0 Å². The van der Waals surface area contributed by atoms with Gasteiger partial charge in [0, 0.05) is 25.2 Å². The summed E-state index contributed by atoms with van der Waals surface area (Å²) in [6.45, 7) is 7.58. The molecule has 1 atom stereocenters. The Morgan fingerprint density at radius 3 is 2.45 bits per heavy atom. The molecule has 29 heavy (non-hydrogen) atoms. The van der Waals surface area contributed by atoms with Crippen molar-refractivity contribution in [2.24, 2.45) is 0 Å². The van der Waals surface area contributed by atoms with Crippen molar-refractivity contribution in [1.29, 1.82) is 0 Å². The van der Waals surface area contributed by atoms with Gasteiger partial charge in [-0.1, -0.05) is 30.3 Å². The van der Waals surface area contributed by atoms with E-state index in [4.69, 9.17) is 4.74 Å². The van der Waals surface area contributed by atoms with Crippen molar-refractivity contribution in [3.8, 4) is 0 Å². The lowest BCUT2D eigenvalue weighted by Gasteiger charge is -2.35. The van der Waals surface area contributed by atoms with Crippen LogP contribution in [0, 0.1) is 13.8 Å². The van der Waals surface area contributed by atoms with Crippen molar-refractivity contribution in [1.82, 2.24) is 20.2 Å². The molecule has 3 aromatic rings. The molecule has 0 bridgehead atoms. The van der Waals surface area contributed by atoms with Gasteiger partial charge in [-0.2, -0.15) is 0 Å². The predicted octanol–water partition coefficient (Wildman–Crippen LogP) is 3.05. The fraction of sp³-hybridized carbons (Fsp3) is 0.348. The first-order chi connectivity index (χ1) is 14.1. The van der Waals surface area contributed by atoms with Crippen molar-refractivity contribution >= 4 is 16.9 Å². The molecular weight excluding hydrogens is 364 g/mol. The van der Waals surface area contributed by atoms with E-state index in [2.05, 4.69) is 32.3 Å². The predicted molar refractivity (Wildman–Crippen MR) is 113 cm³/mol. The highest BCUT2D eigenvalue weighted by Crippen LogP contribution is 2.21. The van der Waals surface area contributed by atoms with E-state index >= 15 is 0 Å². The lowest BCUT2D eigenvalue weighted by Crippen LogP contribution is -2.43. The van der Waals surface area contributed by atoms with Crippen molar-refractivity contribution in [3.05, 3.63) is 71.0 Å². The van der Waals surface area contributed by atoms with Crippen LogP contribution in [0.1, 0.15) is 33.4 Å². The number of hydrogen-bond donors (Lipinski definition) is 1. The lowest BCUT2D eigenvalue weighted by atomic mass is 10.0. The number of carbonyl (C=O) groups is 1. The summed E-state index contributed by atoms with van der Waals surface area (Å²) < 4.78 is 5.50. The highest BCUT2D eigenvalue weighted by molar-refractivity contribution is 5.97. The zero-order valence-corrected chi connectivity index (χ0v) is 16.9. The molecule has 2 heterocycles. The number of nitrogens with zero attached hydrogens (tertiary/aromatic N) is 3. The molecular formula is C23H26N4O2. The zero-order chi connectivity index (χ0) is 20.2. The molecule has 1 unspecified atom stereocenters. The molecule has 6 heteroatoms. The Labute approximate surface area is 170 Å². The Hall–Kier alpha value is -2.83. The normalized spacial score (nSPS) is 15.9. The Balaban J connectivity index is 1.51. The summed E-state index contributed by atoms with van der Waals surface area (Å²) in [5.41, 5.74) is 5.14. The van der Waals surface area contributed by atoms with Crippen LogP contribution >= 0.6 is 0 Å². The lowest BCUT2D eigenvalue weighted by molar-refractivity contribution is 0.0162. The number of carbonyl (C=O) groups excluding carboxylic acids is 1. The smallest absolute Gasteiger partial charge is 0.251 e. The second kappa shape index (κ2) is 8.68. The van der Waals surface area contributed by atoms with Gasteiger partial charge >= 0.3 is 0 Å². The fourth-order valence-electron chi connectivity index (χ4n) is 3.69. The van der Waals surface area contributed by atoms with Crippen molar-refractivity contribution < 1.29 is 9.53 Å². The maximum absolute atomic E-state index is 12.9. The monoisotopic (exact) mass is 390 g/mol. The van der Waals surface area contributed by atoms with Crippen LogP contribution in [-0.2, 0) is 4.74 Å². The maximum atomic E-state index is 12.9. The quantitative estimate of drug-likeness (QED) is 0.725. The molecule has 1 aliphatic heterocycles. The fourth-order valence-corrected chi connectivity index (χ4v) is 3.69. The second-order valence-corrected chi connectivity index (χ2v) is 7.38. The number of benzene rings is 2. The van der Waals surface area contributed by atoms with Crippen LogP contribution in [0.3, 0.4) is 0 Å². The first-order valence-corrected chi connectivity index (χ1v) is 10.0. The molecule has 6 nitrogen and oxygen atoms in total. The van der Waals surface area contributed by atoms with Gasteiger partial charge in [-0.25, -0.2) is 9.97 Å². The van der Waals surface area contributed by atoms with Gasteiger partial charge in [0.05, 0.1) is 41.7 Å². The zero-order valence-electron chi connectivity index (χ0n) is 16.9. The number of nitrogens with one attached hydrogen (secondary N) is 1. The summed E-state index contributed by atoms with van der Waals surface area (Å²) in [5.74, 6) is -0.0962. The van der Waals surface area contributed by atoms with Gasteiger partial charge in [0.2, 0.25) is 0 Å². The minimum atomic E-state index is -0.0962. The van der Waals surface area contributed by atoms with Gasteiger partial charge in [0.1, 0.15) is 0 Å². The third-order valence-corrected chi connectivity index (χ3v) is 5.46. The number of aryl methyl sites for hydroxylation is 2. The van der Waals surface area contributed by atoms with E-state index in [1.807, 2.05) is 50.2 Å². The summed E-state index contributed by atoms with van der Waals surface area (Å²) in [7, 11) is 0. The molecule has 1 fully saturated rings. The van der Waals surface area contributed by atoms with E-state index in [-0.39, 0.29) is 11.9 Å². The summed E-state index contributed by atoms with van der Waals surface area (Å²) in [4.78, 5) is 24.3. The van der Waals surface area contributed by atoms with E-state index in [0.29, 0.717) is 12.1 Å².